The maximum absolute atomic E-state index is 11.8. The topological polar surface area (TPSA) is 93.5 Å². The zero-order chi connectivity index (χ0) is 15.2. The highest BCUT2D eigenvalue weighted by molar-refractivity contribution is 7.89. The third-order valence-electron chi connectivity index (χ3n) is 2.37. The third-order valence-corrected chi connectivity index (χ3v) is 3.82. The van der Waals surface area contributed by atoms with Gasteiger partial charge in [-0.3, -0.25) is 0 Å². The molecule has 1 aromatic carbocycles. The Morgan fingerprint density at radius 3 is 2.70 bits per heavy atom. The standard InChI is InChI=1S/C11H17F2N3O3S/c1-15-20(17,18)10-6-8(14)2-3-9(10)16-4-5-19-7-11(12)13/h2-3,6,11,15-16H,4-5,7,14H2,1H3. The number of halogens is 2. The van der Waals surface area contributed by atoms with Crippen molar-refractivity contribution in [1.82, 2.24) is 4.72 Å². The molecule has 0 spiro atoms. The van der Waals surface area contributed by atoms with Crippen molar-refractivity contribution in [2.45, 2.75) is 11.3 Å². The van der Waals surface area contributed by atoms with Crippen LogP contribution in [0.15, 0.2) is 23.1 Å². The summed E-state index contributed by atoms with van der Waals surface area (Å²) < 4.78 is 54.2. The number of hydrogen-bond donors (Lipinski definition) is 3. The molecule has 0 bridgehead atoms. The summed E-state index contributed by atoms with van der Waals surface area (Å²) in [5.74, 6) is 0. The van der Waals surface area contributed by atoms with Gasteiger partial charge >= 0.3 is 0 Å². The van der Waals surface area contributed by atoms with E-state index in [4.69, 9.17) is 10.5 Å². The second kappa shape index (κ2) is 7.36. The highest BCUT2D eigenvalue weighted by atomic mass is 32.2. The molecule has 0 aliphatic heterocycles. The molecule has 0 fully saturated rings. The number of sulfonamides is 1. The maximum atomic E-state index is 11.8. The molecule has 1 rings (SSSR count). The minimum absolute atomic E-state index is 0.00569. The third kappa shape index (κ3) is 4.91. The van der Waals surface area contributed by atoms with Crippen molar-refractivity contribution in [2.75, 3.05) is 37.9 Å². The van der Waals surface area contributed by atoms with Gasteiger partial charge in [0, 0.05) is 12.2 Å². The molecule has 20 heavy (non-hydrogen) atoms. The highest BCUT2D eigenvalue weighted by Crippen LogP contribution is 2.23. The number of hydrogen-bond acceptors (Lipinski definition) is 5. The lowest BCUT2D eigenvalue weighted by Crippen LogP contribution is -2.21. The summed E-state index contributed by atoms with van der Waals surface area (Å²) in [6.45, 7) is -0.415. The molecule has 0 unspecified atom stereocenters. The number of nitrogens with one attached hydrogen (secondary N) is 2. The van der Waals surface area contributed by atoms with E-state index in [1.807, 2.05) is 0 Å². The number of anilines is 2. The van der Waals surface area contributed by atoms with Crippen LogP contribution in [0.1, 0.15) is 0 Å². The van der Waals surface area contributed by atoms with Crippen molar-refractivity contribution >= 4 is 21.4 Å². The molecule has 4 N–H and O–H groups in total. The van der Waals surface area contributed by atoms with E-state index in [0.29, 0.717) is 11.4 Å². The molecule has 0 heterocycles. The van der Waals surface area contributed by atoms with Gasteiger partial charge in [0.25, 0.3) is 6.43 Å². The summed E-state index contributed by atoms with van der Waals surface area (Å²) in [5.41, 5.74) is 6.19. The van der Waals surface area contributed by atoms with Crippen LogP contribution in [0.5, 0.6) is 0 Å². The maximum Gasteiger partial charge on any atom is 0.261 e. The van der Waals surface area contributed by atoms with Gasteiger partial charge in [-0.15, -0.1) is 0 Å². The van der Waals surface area contributed by atoms with E-state index >= 15 is 0 Å². The fourth-order valence-corrected chi connectivity index (χ4v) is 2.39. The smallest absolute Gasteiger partial charge is 0.261 e. The molecule has 1 aromatic rings. The lowest BCUT2D eigenvalue weighted by Gasteiger charge is -2.13. The summed E-state index contributed by atoms with van der Waals surface area (Å²) in [6, 6.07) is 4.36. The fraction of sp³-hybridized carbons (Fsp3) is 0.455. The average Bonchev–Trinajstić information content (AvgIpc) is 2.39. The Balaban J connectivity index is 2.71. The first-order valence-electron chi connectivity index (χ1n) is 5.79. The molecule has 0 aromatic heterocycles. The van der Waals surface area contributed by atoms with E-state index < -0.39 is 23.1 Å². The van der Waals surface area contributed by atoms with Crippen molar-refractivity contribution in [3.63, 3.8) is 0 Å². The SMILES string of the molecule is CNS(=O)(=O)c1cc(N)ccc1NCCOCC(F)F. The van der Waals surface area contributed by atoms with Crippen molar-refractivity contribution in [1.29, 1.82) is 0 Å². The van der Waals surface area contributed by atoms with Gasteiger partial charge in [0.05, 0.1) is 12.3 Å². The molecule has 9 heteroatoms. The first-order valence-corrected chi connectivity index (χ1v) is 7.28. The summed E-state index contributed by atoms with van der Waals surface area (Å²) in [7, 11) is -2.38. The Labute approximate surface area is 116 Å². The minimum atomic E-state index is -3.66. The number of alkyl halides is 2. The molecule has 0 aliphatic carbocycles. The van der Waals surface area contributed by atoms with Crippen LogP contribution in [0.3, 0.4) is 0 Å². The molecule has 0 saturated heterocycles. The van der Waals surface area contributed by atoms with E-state index in [1.54, 1.807) is 0 Å². The second-order valence-electron chi connectivity index (χ2n) is 3.86. The zero-order valence-corrected chi connectivity index (χ0v) is 11.7. The van der Waals surface area contributed by atoms with E-state index in [0.717, 1.165) is 0 Å². The first kappa shape index (κ1) is 16.6. The molecule has 0 aliphatic rings. The Morgan fingerprint density at radius 1 is 1.40 bits per heavy atom. The number of rotatable bonds is 8. The molecule has 6 nitrogen and oxygen atoms in total. The van der Waals surface area contributed by atoms with Gasteiger partial charge in [0.2, 0.25) is 10.0 Å². The van der Waals surface area contributed by atoms with Gasteiger partial charge in [0.15, 0.2) is 0 Å². The zero-order valence-electron chi connectivity index (χ0n) is 10.9. The van der Waals surface area contributed by atoms with Gasteiger partial charge in [-0.2, -0.15) is 0 Å². The van der Waals surface area contributed by atoms with Crippen LogP contribution in [-0.4, -0.2) is 41.6 Å². The summed E-state index contributed by atoms with van der Waals surface area (Å²) in [5, 5.41) is 2.81. The number of ether oxygens (including phenoxy) is 1. The number of benzene rings is 1. The van der Waals surface area contributed by atoms with Crippen LogP contribution in [0.25, 0.3) is 0 Å². The average molecular weight is 309 g/mol. The monoisotopic (exact) mass is 309 g/mol. The largest absolute Gasteiger partial charge is 0.399 e. The number of nitrogens with two attached hydrogens (primary N) is 1. The normalized spacial score (nSPS) is 11.8. The predicted molar refractivity (Wildman–Crippen MR) is 72.4 cm³/mol. The summed E-state index contributed by atoms with van der Waals surface area (Å²) >= 11 is 0. The van der Waals surface area contributed by atoms with E-state index in [2.05, 4.69) is 10.0 Å². The van der Waals surface area contributed by atoms with Gasteiger partial charge in [-0.1, -0.05) is 0 Å². The van der Waals surface area contributed by atoms with Crippen molar-refractivity contribution in [3.8, 4) is 0 Å². The second-order valence-corrected chi connectivity index (χ2v) is 5.71. The molecule has 0 amide bonds. The molecule has 0 radical (unpaired) electrons. The van der Waals surface area contributed by atoms with Gasteiger partial charge in [-0.25, -0.2) is 21.9 Å². The predicted octanol–water partition coefficient (Wildman–Crippen LogP) is 0.870. The first-order chi connectivity index (χ1) is 9.36. The van der Waals surface area contributed by atoms with Crippen LogP contribution in [0.2, 0.25) is 0 Å². The van der Waals surface area contributed by atoms with E-state index in [1.165, 1.54) is 25.2 Å². The van der Waals surface area contributed by atoms with Gasteiger partial charge < -0.3 is 15.8 Å². The molecule has 0 atom stereocenters. The van der Waals surface area contributed by atoms with Gasteiger partial charge in [0.1, 0.15) is 11.5 Å². The Kier molecular flexibility index (Phi) is 6.11. The number of nitrogen functional groups attached to an aromatic ring is 1. The lowest BCUT2D eigenvalue weighted by atomic mass is 10.3. The van der Waals surface area contributed by atoms with Crippen LogP contribution in [0, 0.1) is 0 Å². The Hall–Kier alpha value is -1.45. The molecular formula is C11H17F2N3O3S. The highest BCUT2D eigenvalue weighted by Gasteiger charge is 2.16. The molecule has 0 saturated carbocycles. The van der Waals surface area contributed by atoms with Gasteiger partial charge in [-0.05, 0) is 25.2 Å². The molecular weight excluding hydrogens is 292 g/mol. The summed E-state index contributed by atoms with van der Waals surface area (Å²) in [4.78, 5) is -0.00569. The van der Waals surface area contributed by atoms with Crippen molar-refractivity contribution in [3.05, 3.63) is 18.2 Å². The Morgan fingerprint density at radius 2 is 2.10 bits per heavy atom. The minimum Gasteiger partial charge on any atom is -0.399 e. The van der Waals surface area contributed by atoms with Crippen LogP contribution < -0.4 is 15.8 Å². The quantitative estimate of drug-likeness (QED) is 0.489. The van der Waals surface area contributed by atoms with Crippen LogP contribution >= 0.6 is 0 Å². The summed E-state index contributed by atoms with van der Waals surface area (Å²) in [6.07, 6.45) is -2.52. The van der Waals surface area contributed by atoms with Crippen molar-refractivity contribution < 1.29 is 21.9 Å². The lowest BCUT2D eigenvalue weighted by molar-refractivity contribution is 0.0215. The van der Waals surface area contributed by atoms with E-state index in [-0.39, 0.29) is 18.0 Å². The molecule has 114 valence electrons. The fourth-order valence-electron chi connectivity index (χ4n) is 1.45. The van der Waals surface area contributed by atoms with Crippen LogP contribution in [-0.2, 0) is 14.8 Å². The van der Waals surface area contributed by atoms with Crippen molar-refractivity contribution in [2.24, 2.45) is 0 Å². The Bertz CT molecular complexity index is 538. The van der Waals surface area contributed by atoms with E-state index in [9.17, 15) is 17.2 Å². The van der Waals surface area contributed by atoms with Crippen LogP contribution in [0.4, 0.5) is 20.2 Å².